The molecular weight excluding hydrogens is 663 g/mol. The number of primary amides is 1. The topological polar surface area (TPSA) is 143 Å². The summed E-state index contributed by atoms with van der Waals surface area (Å²) in [7, 11) is 0. The van der Waals surface area contributed by atoms with Gasteiger partial charge in [-0.05, 0) is 43.2 Å². The Morgan fingerprint density at radius 2 is 1.87 bits per heavy atom. The number of aliphatic hydroxyl groups excluding tert-OH is 1. The Bertz CT molecular complexity index is 1770. The Kier molecular flexibility index (Phi) is 11.5. The molecule has 47 heavy (non-hydrogen) atoms. The summed E-state index contributed by atoms with van der Waals surface area (Å²) in [6.45, 7) is 4.11. The van der Waals surface area contributed by atoms with Gasteiger partial charge in [0.25, 0.3) is 5.91 Å². The first-order valence-electron chi connectivity index (χ1n) is 15.2. The Labute approximate surface area is 287 Å². The Morgan fingerprint density at radius 1 is 1.06 bits per heavy atom. The van der Waals surface area contributed by atoms with Crippen LogP contribution in [-0.4, -0.2) is 93.4 Å². The number of carbonyl (C=O) groups excluding carboxylic acids is 3. The molecule has 4 N–H and O–H groups in total. The zero-order chi connectivity index (χ0) is 33.5. The number of amides is 3. The summed E-state index contributed by atoms with van der Waals surface area (Å²) < 4.78 is 7.41. The summed E-state index contributed by atoms with van der Waals surface area (Å²) in [4.78, 5) is 41.2. The van der Waals surface area contributed by atoms with E-state index in [1.54, 1.807) is 24.3 Å². The van der Waals surface area contributed by atoms with Crippen LogP contribution >= 0.6 is 35.4 Å². The molecule has 5 rings (SSSR count). The van der Waals surface area contributed by atoms with Gasteiger partial charge in [-0.2, -0.15) is 5.10 Å². The van der Waals surface area contributed by atoms with Gasteiger partial charge in [-0.15, -0.1) is 0 Å². The van der Waals surface area contributed by atoms with E-state index in [9.17, 15) is 14.4 Å². The summed E-state index contributed by atoms with van der Waals surface area (Å²) >= 11 is 18.3. The molecule has 0 bridgehead atoms. The molecule has 0 saturated carbocycles. The molecule has 1 aromatic heterocycles. The Morgan fingerprint density at radius 3 is 2.64 bits per heavy atom. The number of halogens is 2. The van der Waals surface area contributed by atoms with E-state index < -0.39 is 11.8 Å². The molecule has 0 radical (unpaired) electrons. The van der Waals surface area contributed by atoms with Crippen LogP contribution in [0.2, 0.25) is 10.0 Å². The number of hydrogen-bond acceptors (Lipinski definition) is 7. The molecule has 3 amide bonds. The molecule has 14 heteroatoms. The SMILES string of the molecule is NC(=O)C(=O)N1CCc2c(c(-c3ccc(Cl)c(C#Cc4ccc(Cl)c(C(=O)NCCCO)c4)c3)nn2CCCN2CCOCC2=S)C1. The lowest BCUT2D eigenvalue weighted by Gasteiger charge is -2.29. The van der Waals surface area contributed by atoms with Crippen LogP contribution in [0, 0.1) is 11.8 Å². The fourth-order valence-electron chi connectivity index (χ4n) is 5.50. The number of aliphatic hydroxyl groups is 1. The lowest BCUT2D eigenvalue weighted by Crippen LogP contribution is -2.43. The second-order valence-electron chi connectivity index (χ2n) is 11.1. The van der Waals surface area contributed by atoms with E-state index in [0.717, 1.165) is 41.3 Å². The highest BCUT2D eigenvalue weighted by atomic mass is 35.5. The molecule has 0 atom stereocenters. The molecule has 11 nitrogen and oxygen atoms in total. The van der Waals surface area contributed by atoms with Crippen molar-refractivity contribution >= 4 is 58.1 Å². The molecule has 1 saturated heterocycles. The number of aromatic nitrogens is 2. The number of rotatable bonds is 9. The number of fused-ring (bicyclic) bond motifs is 1. The number of ether oxygens (including phenoxy) is 1. The van der Waals surface area contributed by atoms with E-state index in [4.69, 9.17) is 56.1 Å². The first-order valence-corrected chi connectivity index (χ1v) is 16.4. The van der Waals surface area contributed by atoms with Crippen molar-refractivity contribution in [2.24, 2.45) is 5.73 Å². The third kappa shape index (κ3) is 8.30. The van der Waals surface area contributed by atoms with Crippen molar-refractivity contribution in [1.29, 1.82) is 0 Å². The second-order valence-corrected chi connectivity index (χ2v) is 12.4. The Balaban J connectivity index is 1.43. The van der Waals surface area contributed by atoms with Gasteiger partial charge >= 0.3 is 11.8 Å². The van der Waals surface area contributed by atoms with Crippen molar-refractivity contribution in [1.82, 2.24) is 24.9 Å². The van der Waals surface area contributed by atoms with E-state index >= 15 is 0 Å². The van der Waals surface area contributed by atoms with Crippen LogP contribution in [0.4, 0.5) is 0 Å². The van der Waals surface area contributed by atoms with Gasteiger partial charge in [0.1, 0.15) is 4.99 Å². The van der Waals surface area contributed by atoms with Crippen molar-refractivity contribution in [2.75, 3.05) is 46.0 Å². The van der Waals surface area contributed by atoms with E-state index in [2.05, 4.69) is 22.1 Å². The average molecular weight is 698 g/mol. The normalized spacial score (nSPS) is 14.3. The predicted molar refractivity (Wildman–Crippen MR) is 182 cm³/mol. The van der Waals surface area contributed by atoms with Crippen LogP contribution in [0.25, 0.3) is 11.3 Å². The number of nitrogens with zero attached hydrogens (tertiary/aromatic N) is 4. The number of nitrogens with one attached hydrogen (secondary N) is 1. The number of thiocarbonyl (C=S) groups is 1. The van der Waals surface area contributed by atoms with E-state index in [1.807, 2.05) is 16.8 Å². The van der Waals surface area contributed by atoms with E-state index in [0.29, 0.717) is 67.5 Å². The van der Waals surface area contributed by atoms with Crippen LogP contribution in [-0.2, 0) is 33.8 Å². The van der Waals surface area contributed by atoms with Crippen molar-refractivity contribution in [3.05, 3.63) is 74.4 Å². The number of carbonyl (C=O) groups is 3. The zero-order valence-corrected chi connectivity index (χ0v) is 27.9. The minimum atomic E-state index is -0.999. The molecule has 0 unspecified atom stereocenters. The molecule has 2 aromatic carbocycles. The van der Waals surface area contributed by atoms with Crippen molar-refractivity contribution in [2.45, 2.75) is 32.4 Å². The summed E-state index contributed by atoms with van der Waals surface area (Å²) in [6, 6.07) is 10.3. The summed E-state index contributed by atoms with van der Waals surface area (Å²) in [5, 5.41) is 17.4. The maximum atomic E-state index is 12.6. The van der Waals surface area contributed by atoms with Crippen molar-refractivity contribution < 1.29 is 24.2 Å². The molecular formula is C33H34Cl2N6O5S. The minimum absolute atomic E-state index is 0.0316. The number of hydrogen-bond donors (Lipinski definition) is 3. The van der Waals surface area contributed by atoms with Crippen molar-refractivity contribution in [3.8, 4) is 23.1 Å². The highest BCUT2D eigenvalue weighted by Gasteiger charge is 2.30. The fraction of sp³-hybridized carbons (Fsp3) is 0.364. The molecule has 0 spiro atoms. The van der Waals surface area contributed by atoms with Gasteiger partial charge in [-0.1, -0.05) is 53.3 Å². The first kappa shape index (κ1) is 34.3. The Hall–Kier alpha value is -3.99. The van der Waals surface area contributed by atoms with Gasteiger partial charge in [0.05, 0.1) is 41.1 Å². The van der Waals surface area contributed by atoms with Crippen molar-refractivity contribution in [3.63, 3.8) is 0 Å². The number of nitrogens with two attached hydrogens (primary N) is 1. The van der Waals surface area contributed by atoms with Gasteiger partial charge in [-0.3, -0.25) is 19.1 Å². The summed E-state index contributed by atoms with van der Waals surface area (Å²) in [5.41, 5.74) is 9.94. The third-order valence-corrected chi connectivity index (χ3v) is 8.96. The molecule has 246 valence electrons. The lowest BCUT2D eigenvalue weighted by molar-refractivity contribution is -0.144. The maximum absolute atomic E-state index is 12.6. The number of aryl methyl sites for hydroxylation is 1. The first-order chi connectivity index (χ1) is 22.7. The van der Waals surface area contributed by atoms with Gasteiger partial charge < -0.3 is 30.7 Å². The molecule has 2 aliphatic heterocycles. The largest absolute Gasteiger partial charge is 0.396 e. The smallest absolute Gasteiger partial charge is 0.311 e. The van der Waals surface area contributed by atoms with Gasteiger partial charge in [0, 0.05) is 73.7 Å². The van der Waals surface area contributed by atoms with Crippen LogP contribution in [0.5, 0.6) is 0 Å². The van der Waals surface area contributed by atoms with E-state index in [1.165, 1.54) is 4.90 Å². The quantitative estimate of drug-likeness (QED) is 0.134. The summed E-state index contributed by atoms with van der Waals surface area (Å²) in [5.74, 6) is 4.08. The van der Waals surface area contributed by atoms with Crippen LogP contribution in [0.15, 0.2) is 36.4 Å². The zero-order valence-electron chi connectivity index (χ0n) is 25.6. The average Bonchev–Trinajstić information content (AvgIpc) is 3.43. The molecule has 3 aromatic rings. The number of morpholine rings is 1. The fourth-order valence-corrected chi connectivity index (χ4v) is 6.13. The van der Waals surface area contributed by atoms with Gasteiger partial charge in [0.15, 0.2) is 0 Å². The van der Waals surface area contributed by atoms with Crippen LogP contribution in [0.1, 0.15) is 45.6 Å². The molecule has 1 fully saturated rings. The molecule has 3 heterocycles. The second kappa shape index (κ2) is 15.7. The maximum Gasteiger partial charge on any atom is 0.311 e. The summed E-state index contributed by atoms with van der Waals surface area (Å²) in [6.07, 6.45) is 1.75. The highest BCUT2D eigenvalue weighted by molar-refractivity contribution is 7.80. The van der Waals surface area contributed by atoms with E-state index in [-0.39, 0.29) is 29.6 Å². The predicted octanol–water partition coefficient (Wildman–Crippen LogP) is 2.79. The monoisotopic (exact) mass is 696 g/mol. The highest BCUT2D eigenvalue weighted by Crippen LogP contribution is 2.32. The third-order valence-electron chi connectivity index (χ3n) is 7.93. The lowest BCUT2D eigenvalue weighted by atomic mass is 9.99. The van der Waals surface area contributed by atoms with Gasteiger partial charge in [-0.25, -0.2) is 0 Å². The minimum Gasteiger partial charge on any atom is -0.396 e. The molecule has 0 aliphatic carbocycles. The number of benzene rings is 2. The standard InChI is InChI=1S/C33H34Cl2N6O5S/c34-26-8-6-23(18-22(26)5-3-21-4-7-27(35)24(17-21)32(44)37-10-1-15-42)30-25-19-40(33(45)31(36)43)13-9-28(25)41(38-30)12-2-11-39-14-16-46-20-29(39)47/h4,6-8,17-18,42H,1-2,9-16,19-20H2,(H2,36,43)(H,37,44). The molecule has 2 aliphatic rings. The van der Waals surface area contributed by atoms with Gasteiger partial charge in [0.2, 0.25) is 0 Å². The van der Waals surface area contributed by atoms with Crippen LogP contribution in [0.3, 0.4) is 0 Å². The van der Waals surface area contributed by atoms with Crippen LogP contribution < -0.4 is 11.1 Å².